The second kappa shape index (κ2) is 9.58. The van der Waals surface area contributed by atoms with E-state index < -0.39 is 5.56 Å². The molecule has 0 spiro atoms. The molecule has 8 nitrogen and oxygen atoms in total. The maximum atomic E-state index is 12.3. The van der Waals surface area contributed by atoms with Crippen molar-refractivity contribution in [1.82, 2.24) is 24.9 Å². The lowest BCUT2D eigenvalue weighted by Gasteiger charge is -2.12. The van der Waals surface area contributed by atoms with Crippen molar-refractivity contribution in [3.8, 4) is 17.0 Å². The lowest BCUT2D eigenvalue weighted by atomic mass is 10.1. The topological polar surface area (TPSA) is 91.0 Å². The number of methoxy groups -OCH3 is 1. The summed E-state index contributed by atoms with van der Waals surface area (Å²) in [5.41, 5.74) is 2.84. The van der Waals surface area contributed by atoms with Crippen molar-refractivity contribution in [1.29, 1.82) is 0 Å². The number of nitrogens with zero attached hydrogens (tertiary/aromatic N) is 4. The summed E-state index contributed by atoms with van der Waals surface area (Å²) in [5, 5.41) is 12.1. The van der Waals surface area contributed by atoms with E-state index in [9.17, 15) is 9.59 Å². The molecule has 0 bridgehead atoms. The molecule has 0 aliphatic carbocycles. The van der Waals surface area contributed by atoms with E-state index in [0.29, 0.717) is 29.6 Å². The lowest BCUT2D eigenvalue weighted by molar-refractivity contribution is -0.121. The van der Waals surface area contributed by atoms with Gasteiger partial charge in [-0.2, -0.15) is 10.2 Å². The van der Waals surface area contributed by atoms with E-state index in [1.54, 1.807) is 24.3 Å². The Bertz CT molecular complexity index is 1090. The van der Waals surface area contributed by atoms with Crippen LogP contribution in [0.25, 0.3) is 11.3 Å². The van der Waals surface area contributed by atoms with Crippen molar-refractivity contribution in [3.05, 3.63) is 63.2 Å². The Labute approximate surface area is 179 Å². The summed E-state index contributed by atoms with van der Waals surface area (Å²) in [6.45, 7) is 4.96. The molecule has 3 rings (SSSR count). The maximum Gasteiger partial charge on any atom is 0.270 e. The summed E-state index contributed by atoms with van der Waals surface area (Å²) in [4.78, 5) is 24.6. The van der Waals surface area contributed by atoms with Crippen molar-refractivity contribution in [3.63, 3.8) is 0 Å². The molecule has 0 radical (unpaired) electrons. The van der Waals surface area contributed by atoms with Crippen LogP contribution in [0.4, 0.5) is 0 Å². The predicted molar refractivity (Wildman–Crippen MR) is 115 cm³/mol. The molecule has 1 N–H and O–H groups in total. The van der Waals surface area contributed by atoms with Gasteiger partial charge in [0.25, 0.3) is 5.56 Å². The molecule has 2 heterocycles. The van der Waals surface area contributed by atoms with Crippen LogP contribution in [0.2, 0.25) is 5.02 Å². The zero-order chi connectivity index (χ0) is 21.7. The number of ether oxygens (including phenoxy) is 1. The van der Waals surface area contributed by atoms with E-state index in [4.69, 9.17) is 16.3 Å². The number of hydrogen-bond donors (Lipinski definition) is 1. The largest absolute Gasteiger partial charge is 0.494 e. The number of aryl methyl sites for hydroxylation is 3. The SMILES string of the molecule is COc1cc(=O)n(CC(=O)NCCCn2nc(C)cc2C)nc1-c1ccc(Cl)cc1. The Balaban J connectivity index is 1.64. The van der Waals surface area contributed by atoms with Gasteiger partial charge in [0.15, 0.2) is 5.75 Å². The van der Waals surface area contributed by atoms with Gasteiger partial charge in [0, 0.05) is 35.4 Å². The average molecular weight is 430 g/mol. The summed E-state index contributed by atoms with van der Waals surface area (Å²) in [6, 6.07) is 10.3. The van der Waals surface area contributed by atoms with Gasteiger partial charge in [-0.05, 0) is 38.5 Å². The number of halogens is 1. The molecule has 0 aliphatic rings. The minimum absolute atomic E-state index is 0.177. The molecule has 0 aliphatic heterocycles. The third-order valence-corrected chi connectivity index (χ3v) is 4.82. The van der Waals surface area contributed by atoms with E-state index in [2.05, 4.69) is 15.5 Å². The Morgan fingerprint density at radius 1 is 1.13 bits per heavy atom. The van der Waals surface area contributed by atoms with Gasteiger partial charge < -0.3 is 10.1 Å². The average Bonchev–Trinajstić information content (AvgIpc) is 3.04. The third-order valence-electron chi connectivity index (χ3n) is 4.57. The van der Waals surface area contributed by atoms with Gasteiger partial charge in [-0.25, -0.2) is 4.68 Å². The molecule has 1 amide bonds. The highest BCUT2D eigenvalue weighted by molar-refractivity contribution is 6.30. The number of rotatable bonds is 8. The minimum Gasteiger partial charge on any atom is -0.494 e. The Morgan fingerprint density at radius 2 is 1.87 bits per heavy atom. The molecule has 0 fully saturated rings. The summed E-state index contributed by atoms with van der Waals surface area (Å²) in [7, 11) is 1.47. The second-order valence-electron chi connectivity index (χ2n) is 6.92. The van der Waals surface area contributed by atoms with E-state index in [0.717, 1.165) is 28.1 Å². The molecule has 0 atom stereocenters. The minimum atomic E-state index is -0.414. The number of benzene rings is 1. The van der Waals surface area contributed by atoms with Crippen molar-refractivity contribution in [2.24, 2.45) is 0 Å². The summed E-state index contributed by atoms with van der Waals surface area (Å²) in [6.07, 6.45) is 0.731. The zero-order valence-corrected chi connectivity index (χ0v) is 17.9. The van der Waals surface area contributed by atoms with E-state index >= 15 is 0 Å². The number of carbonyl (C=O) groups excluding carboxylic acids is 1. The van der Waals surface area contributed by atoms with Crippen LogP contribution in [0.5, 0.6) is 5.75 Å². The first-order valence-electron chi connectivity index (χ1n) is 9.57. The van der Waals surface area contributed by atoms with E-state index in [-0.39, 0.29) is 12.5 Å². The van der Waals surface area contributed by atoms with Crippen LogP contribution in [0.15, 0.2) is 41.2 Å². The molecule has 158 valence electrons. The van der Waals surface area contributed by atoms with Crippen LogP contribution in [0, 0.1) is 13.8 Å². The number of hydrogen-bond acceptors (Lipinski definition) is 5. The van der Waals surface area contributed by atoms with Gasteiger partial charge in [-0.15, -0.1) is 0 Å². The molecule has 9 heteroatoms. The van der Waals surface area contributed by atoms with Crippen molar-refractivity contribution < 1.29 is 9.53 Å². The highest BCUT2D eigenvalue weighted by Gasteiger charge is 2.14. The molecular formula is C21H24ClN5O3. The monoisotopic (exact) mass is 429 g/mol. The van der Waals surface area contributed by atoms with E-state index in [1.165, 1.54) is 13.2 Å². The Kier molecular flexibility index (Phi) is 6.89. The highest BCUT2D eigenvalue weighted by atomic mass is 35.5. The number of carbonyl (C=O) groups is 1. The Morgan fingerprint density at radius 3 is 2.50 bits per heavy atom. The number of aromatic nitrogens is 4. The van der Waals surface area contributed by atoms with Crippen molar-refractivity contribution in [2.45, 2.75) is 33.4 Å². The fraction of sp³-hybridized carbons (Fsp3) is 0.333. The van der Waals surface area contributed by atoms with Crippen LogP contribution in [0.3, 0.4) is 0 Å². The maximum absolute atomic E-state index is 12.3. The van der Waals surface area contributed by atoms with Gasteiger partial charge in [0.05, 0.1) is 12.8 Å². The highest BCUT2D eigenvalue weighted by Crippen LogP contribution is 2.27. The van der Waals surface area contributed by atoms with E-state index in [1.807, 2.05) is 24.6 Å². The smallest absolute Gasteiger partial charge is 0.270 e. The fourth-order valence-electron chi connectivity index (χ4n) is 3.10. The normalized spacial score (nSPS) is 10.8. The van der Waals surface area contributed by atoms with Crippen molar-refractivity contribution >= 4 is 17.5 Å². The third kappa shape index (κ3) is 5.27. The fourth-order valence-corrected chi connectivity index (χ4v) is 3.23. The first kappa shape index (κ1) is 21.6. The number of amides is 1. The summed E-state index contributed by atoms with van der Waals surface area (Å²) in [5.74, 6) is 0.0501. The molecular weight excluding hydrogens is 406 g/mol. The van der Waals surface area contributed by atoms with Gasteiger partial charge in [-0.1, -0.05) is 23.7 Å². The van der Waals surface area contributed by atoms with Crippen LogP contribution in [0.1, 0.15) is 17.8 Å². The molecule has 3 aromatic rings. The van der Waals surface area contributed by atoms with Gasteiger partial charge >= 0.3 is 0 Å². The number of nitrogens with one attached hydrogen (secondary N) is 1. The van der Waals surface area contributed by atoms with Crippen LogP contribution in [-0.2, 0) is 17.9 Å². The Hall–Kier alpha value is -3.13. The first-order chi connectivity index (χ1) is 14.4. The molecule has 2 aromatic heterocycles. The van der Waals surface area contributed by atoms with Crippen LogP contribution >= 0.6 is 11.6 Å². The first-order valence-corrected chi connectivity index (χ1v) is 9.95. The molecule has 0 saturated carbocycles. The lowest BCUT2D eigenvalue weighted by Crippen LogP contribution is -2.34. The molecule has 30 heavy (non-hydrogen) atoms. The molecule has 0 unspecified atom stereocenters. The zero-order valence-electron chi connectivity index (χ0n) is 17.2. The molecule has 1 aromatic carbocycles. The van der Waals surface area contributed by atoms with Crippen molar-refractivity contribution in [2.75, 3.05) is 13.7 Å². The summed E-state index contributed by atoms with van der Waals surface area (Å²) < 4.78 is 8.33. The van der Waals surface area contributed by atoms with Gasteiger partial charge in [-0.3, -0.25) is 14.3 Å². The predicted octanol–water partition coefficient (Wildman–Crippen LogP) is 2.59. The van der Waals surface area contributed by atoms with Gasteiger partial charge in [0.1, 0.15) is 12.2 Å². The van der Waals surface area contributed by atoms with Crippen LogP contribution < -0.4 is 15.6 Å². The van der Waals surface area contributed by atoms with Gasteiger partial charge in [0.2, 0.25) is 5.91 Å². The second-order valence-corrected chi connectivity index (χ2v) is 7.35. The quantitative estimate of drug-likeness (QED) is 0.556. The summed E-state index contributed by atoms with van der Waals surface area (Å²) >= 11 is 5.94. The standard InChI is InChI=1S/C21H24ClN5O3/c1-14-11-15(2)26(24-14)10-4-9-23-19(28)13-27-20(29)12-18(30-3)21(25-27)16-5-7-17(22)8-6-16/h5-8,11-12H,4,9-10,13H2,1-3H3,(H,23,28). The van der Waals surface area contributed by atoms with Crippen LogP contribution in [-0.4, -0.2) is 39.1 Å². The molecule has 0 saturated heterocycles.